The van der Waals surface area contributed by atoms with Gasteiger partial charge in [-0.2, -0.15) is 9.78 Å². The van der Waals surface area contributed by atoms with E-state index in [1.54, 1.807) is 12.1 Å². The molecule has 0 fully saturated rings. The molecule has 14 heteroatoms. The smallest absolute Gasteiger partial charge is 0.293 e. The van der Waals surface area contributed by atoms with Crippen LogP contribution >= 0.6 is 0 Å². The van der Waals surface area contributed by atoms with Crippen LogP contribution in [-0.4, -0.2) is 77.8 Å². The fraction of sp³-hybridized carbons (Fsp3) is 0.333. The lowest BCUT2D eigenvalue weighted by atomic mass is 10.2. The largest absolute Gasteiger partial charge is 0.496 e. The molecule has 14 nitrogen and oxygen atoms in total. The molecule has 0 atom stereocenters. The maximum Gasteiger partial charge on any atom is 0.293 e. The molecule has 0 saturated heterocycles. The number of aromatic nitrogens is 5. The summed E-state index contributed by atoms with van der Waals surface area (Å²) in [6.07, 6.45) is 1.39. The molecule has 32 heavy (non-hydrogen) atoms. The molecule has 3 aromatic rings. The molecule has 0 aliphatic rings. The van der Waals surface area contributed by atoms with E-state index in [1.807, 2.05) is 19.0 Å². The lowest BCUT2D eigenvalue weighted by molar-refractivity contribution is 0.0948. The van der Waals surface area contributed by atoms with E-state index >= 15 is 0 Å². The van der Waals surface area contributed by atoms with Crippen LogP contribution in [0.15, 0.2) is 21.9 Å². The lowest BCUT2D eigenvalue weighted by Crippen LogP contribution is -2.23. The van der Waals surface area contributed by atoms with Gasteiger partial charge in [-0.3, -0.25) is 4.79 Å². The Bertz CT molecular complexity index is 1100. The number of nitrogens with two attached hydrogens (primary N) is 1. The fourth-order valence-electron chi connectivity index (χ4n) is 2.80. The van der Waals surface area contributed by atoms with Gasteiger partial charge in [0.2, 0.25) is 11.6 Å². The van der Waals surface area contributed by atoms with Gasteiger partial charge in [-0.1, -0.05) is 5.21 Å². The van der Waals surface area contributed by atoms with Gasteiger partial charge < -0.3 is 24.8 Å². The second-order valence-corrected chi connectivity index (χ2v) is 6.65. The van der Waals surface area contributed by atoms with Crippen molar-refractivity contribution in [2.75, 3.05) is 41.2 Å². The third-order valence-electron chi connectivity index (χ3n) is 4.25. The number of carbonyl (C=O) groups excluding carboxylic acids is 1. The van der Waals surface area contributed by atoms with Gasteiger partial charge >= 0.3 is 0 Å². The molecule has 3 N–H and O–H groups in total. The highest BCUT2D eigenvalue weighted by Crippen LogP contribution is 2.32. The summed E-state index contributed by atoms with van der Waals surface area (Å²) < 4.78 is 21.9. The van der Waals surface area contributed by atoms with Crippen molar-refractivity contribution in [2.24, 2.45) is 5.10 Å². The highest BCUT2D eigenvalue weighted by Gasteiger charge is 2.24. The SMILES string of the molecule is COc1cc(OC)c(/C=N\NC(=O)c2nnn(-c3nonc3N)c2CN(C)C)c(OC)c1. The normalized spacial score (nSPS) is 11.2. The first-order valence-electron chi connectivity index (χ1n) is 9.20. The van der Waals surface area contributed by atoms with Gasteiger partial charge in [0.1, 0.15) is 17.2 Å². The Morgan fingerprint density at radius 1 is 1.22 bits per heavy atom. The first-order valence-corrected chi connectivity index (χ1v) is 9.20. The zero-order valence-corrected chi connectivity index (χ0v) is 18.2. The minimum Gasteiger partial charge on any atom is -0.496 e. The third kappa shape index (κ3) is 4.59. The first-order chi connectivity index (χ1) is 15.4. The van der Waals surface area contributed by atoms with E-state index in [9.17, 15) is 4.79 Å². The van der Waals surface area contributed by atoms with E-state index in [0.29, 0.717) is 35.1 Å². The number of methoxy groups -OCH3 is 3. The summed E-state index contributed by atoms with van der Waals surface area (Å²) >= 11 is 0. The monoisotopic (exact) mass is 445 g/mol. The molecular formula is C18H23N9O5. The minimum absolute atomic E-state index is 0.0126. The molecule has 0 unspecified atom stereocenters. The van der Waals surface area contributed by atoms with E-state index in [0.717, 1.165) is 0 Å². The zero-order chi connectivity index (χ0) is 23.3. The number of rotatable bonds is 9. The minimum atomic E-state index is -0.592. The van der Waals surface area contributed by atoms with Crippen LogP contribution in [0.25, 0.3) is 5.82 Å². The lowest BCUT2D eigenvalue weighted by Gasteiger charge is -2.12. The summed E-state index contributed by atoms with van der Waals surface area (Å²) in [4.78, 5) is 14.6. The molecule has 0 radical (unpaired) electrons. The molecule has 3 rings (SSSR count). The van der Waals surface area contributed by atoms with E-state index in [1.165, 1.54) is 32.2 Å². The van der Waals surface area contributed by atoms with Crippen LogP contribution in [0.2, 0.25) is 0 Å². The number of carbonyl (C=O) groups is 1. The molecule has 0 aliphatic carbocycles. The standard InChI is InChI=1S/C18H23N9O5/c1-26(2)9-12-15(21-25-27(12)17-16(19)23-32-24-17)18(28)22-20-8-11-13(30-4)6-10(29-3)7-14(11)31-5/h6-8H,9H2,1-5H3,(H2,19,23)(H,22,28)/b20-8-. The van der Waals surface area contributed by atoms with Crippen molar-refractivity contribution < 1.29 is 23.6 Å². The average Bonchev–Trinajstić information content (AvgIpc) is 3.38. The fourth-order valence-corrected chi connectivity index (χ4v) is 2.80. The quantitative estimate of drug-likeness (QED) is 0.338. The molecule has 0 spiro atoms. The second-order valence-electron chi connectivity index (χ2n) is 6.65. The van der Waals surface area contributed by atoms with Crippen LogP contribution in [-0.2, 0) is 6.54 Å². The van der Waals surface area contributed by atoms with E-state index in [4.69, 9.17) is 19.9 Å². The number of nitrogen functional groups attached to an aromatic ring is 1. The van der Waals surface area contributed by atoms with Crippen molar-refractivity contribution in [1.82, 2.24) is 35.6 Å². The predicted octanol–water partition coefficient (Wildman–Crippen LogP) is 0.0838. The van der Waals surface area contributed by atoms with Crippen molar-refractivity contribution >= 4 is 17.9 Å². The number of hydrogen-bond donors (Lipinski definition) is 2. The molecule has 2 aromatic heterocycles. The molecule has 0 saturated carbocycles. The van der Waals surface area contributed by atoms with Gasteiger partial charge in [0, 0.05) is 18.7 Å². The van der Waals surface area contributed by atoms with E-state index in [2.05, 4.69) is 35.8 Å². The first kappa shape index (κ1) is 22.5. The number of nitrogens with zero attached hydrogens (tertiary/aromatic N) is 7. The van der Waals surface area contributed by atoms with Crippen LogP contribution in [0.4, 0.5) is 5.82 Å². The third-order valence-corrected chi connectivity index (χ3v) is 4.25. The van der Waals surface area contributed by atoms with Gasteiger partial charge in [0.25, 0.3) is 5.91 Å². The number of benzene rings is 1. The maximum absolute atomic E-state index is 12.8. The number of amides is 1. The van der Waals surface area contributed by atoms with Crippen LogP contribution in [0.1, 0.15) is 21.7 Å². The van der Waals surface area contributed by atoms with Crippen LogP contribution in [0.5, 0.6) is 17.2 Å². The van der Waals surface area contributed by atoms with Crippen molar-refractivity contribution in [1.29, 1.82) is 0 Å². The Kier molecular flexibility index (Phi) is 6.84. The van der Waals surface area contributed by atoms with E-state index in [-0.39, 0.29) is 17.3 Å². The molecule has 170 valence electrons. The number of ether oxygens (including phenoxy) is 3. The Balaban J connectivity index is 1.88. The molecule has 1 aromatic carbocycles. The predicted molar refractivity (Wildman–Crippen MR) is 112 cm³/mol. The van der Waals surface area contributed by atoms with Crippen LogP contribution < -0.4 is 25.4 Å². The van der Waals surface area contributed by atoms with Gasteiger partial charge in [0.05, 0.1) is 38.8 Å². The number of anilines is 1. The Morgan fingerprint density at radius 2 is 1.91 bits per heavy atom. The molecule has 0 bridgehead atoms. The molecule has 1 amide bonds. The molecule has 0 aliphatic heterocycles. The zero-order valence-electron chi connectivity index (χ0n) is 18.2. The summed E-state index contributed by atoms with van der Waals surface area (Å²) in [6.45, 7) is 0.311. The number of hydrogen-bond acceptors (Lipinski definition) is 12. The van der Waals surface area contributed by atoms with Crippen molar-refractivity contribution in [3.63, 3.8) is 0 Å². The topological polar surface area (TPSA) is 168 Å². The number of nitrogens with one attached hydrogen (secondary N) is 1. The summed E-state index contributed by atoms with van der Waals surface area (Å²) in [5.74, 6) is 1.00. The van der Waals surface area contributed by atoms with Gasteiger partial charge in [0.15, 0.2) is 5.69 Å². The summed E-state index contributed by atoms with van der Waals surface area (Å²) in [5.41, 5.74) is 9.14. The van der Waals surface area contributed by atoms with Gasteiger partial charge in [-0.05, 0) is 24.4 Å². The van der Waals surface area contributed by atoms with Gasteiger partial charge in [-0.25, -0.2) is 10.1 Å². The van der Waals surface area contributed by atoms with Crippen LogP contribution in [0, 0.1) is 0 Å². The summed E-state index contributed by atoms with van der Waals surface area (Å²) in [6, 6.07) is 3.34. The average molecular weight is 445 g/mol. The highest BCUT2D eigenvalue weighted by atomic mass is 16.6. The van der Waals surface area contributed by atoms with Crippen molar-refractivity contribution in [3.05, 3.63) is 29.1 Å². The maximum atomic E-state index is 12.8. The molecular weight excluding hydrogens is 422 g/mol. The van der Waals surface area contributed by atoms with Crippen molar-refractivity contribution in [3.8, 4) is 23.1 Å². The van der Waals surface area contributed by atoms with Crippen molar-refractivity contribution in [2.45, 2.75) is 6.54 Å². The Labute approximate surface area is 182 Å². The van der Waals surface area contributed by atoms with Crippen LogP contribution in [0.3, 0.4) is 0 Å². The number of hydrazone groups is 1. The molecule has 2 heterocycles. The summed E-state index contributed by atoms with van der Waals surface area (Å²) in [7, 11) is 8.18. The second kappa shape index (κ2) is 9.74. The Morgan fingerprint density at radius 3 is 2.44 bits per heavy atom. The summed E-state index contributed by atoms with van der Waals surface area (Å²) in [5, 5.41) is 19.2. The Hall–Kier alpha value is -4.20. The highest BCUT2D eigenvalue weighted by molar-refractivity contribution is 5.95. The van der Waals surface area contributed by atoms with Gasteiger partial charge in [-0.15, -0.1) is 5.10 Å². The van der Waals surface area contributed by atoms with E-state index < -0.39 is 5.91 Å².